The van der Waals surface area contributed by atoms with Crippen LogP contribution in [-0.4, -0.2) is 0 Å². The molecule has 0 bridgehead atoms. The highest BCUT2D eigenvalue weighted by Crippen LogP contribution is 2.29. The molecule has 0 fully saturated rings. The first kappa shape index (κ1) is 13.6. The third-order valence-electron chi connectivity index (χ3n) is 2.55. The third kappa shape index (κ3) is 2.95. The Morgan fingerprint density at radius 3 is 2.61 bits per heavy atom. The van der Waals surface area contributed by atoms with E-state index in [1.54, 1.807) is 6.07 Å². The minimum atomic E-state index is -0.276. The molecule has 0 aliphatic heterocycles. The molecule has 0 amide bonds. The summed E-state index contributed by atoms with van der Waals surface area (Å²) in [5, 5.41) is 3.15. The largest absolute Gasteiger partial charge is 0.397 e. The monoisotopic (exact) mass is 420 g/mol. The van der Waals surface area contributed by atoms with Gasteiger partial charge in [0.25, 0.3) is 0 Å². The van der Waals surface area contributed by atoms with E-state index in [9.17, 15) is 4.39 Å². The van der Waals surface area contributed by atoms with Gasteiger partial charge < -0.3 is 11.1 Å². The molecule has 94 valence electrons. The van der Waals surface area contributed by atoms with Crippen molar-refractivity contribution in [1.82, 2.24) is 0 Å². The first-order valence-corrected chi connectivity index (χ1v) is 7.12. The van der Waals surface area contributed by atoms with Crippen LogP contribution in [0, 0.1) is 16.3 Å². The van der Waals surface area contributed by atoms with Gasteiger partial charge in [0, 0.05) is 16.2 Å². The normalized spacial score (nSPS) is 10.4. The Bertz CT molecular complexity index is 602. The summed E-state index contributed by atoms with van der Waals surface area (Å²) in [5.41, 5.74) is 8.95. The number of benzene rings is 2. The molecule has 0 heterocycles. The summed E-state index contributed by atoms with van der Waals surface area (Å²) >= 11 is 5.32. The number of anilines is 3. The van der Waals surface area contributed by atoms with Crippen molar-refractivity contribution in [2.24, 2.45) is 0 Å². The van der Waals surface area contributed by atoms with Crippen LogP contribution < -0.4 is 11.1 Å². The van der Waals surface area contributed by atoms with Gasteiger partial charge in [-0.3, -0.25) is 0 Å². The van der Waals surface area contributed by atoms with Crippen molar-refractivity contribution in [2.75, 3.05) is 11.1 Å². The lowest BCUT2D eigenvalue weighted by Crippen LogP contribution is -2.00. The van der Waals surface area contributed by atoms with Gasteiger partial charge in [-0.1, -0.05) is 15.9 Å². The van der Waals surface area contributed by atoms with E-state index >= 15 is 0 Å². The summed E-state index contributed by atoms with van der Waals surface area (Å²) in [6, 6.07) is 8.87. The van der Waals surface area contributed by atoms with Gasteiger partial charge in [0.2, 0.25) is 0 Å². The smallest absolute Gasteiger partial charge is 0.138 e. The highest BCUT2D eigenvalue weighted by atomic mass is 127. The average molecular weight is 421 g/mol. The lowest BCUT2D eigenvalue weighted by molar-refractivity contribution is 0.621. The van der Waals surface area contributed by atoms with Crippen LogP contribution in [0.5, 0.6) is 0 Å². The van der Waals surface area contributed by atoms with Crippen LogP contribution in [0.4, 0.5) is 21.5 Å². The van der Waals surface area contributed by atoms with Crippen LogP contribution in [0.3, 0.4) is 0 Å². The minimum absolute atomic E-state index is 0.276. The van der Waals surface area contributed by atoms with Crippen molar-refractivity contribution in [3.05, 3.63) is 49.8 Å². The maximum atomic E-state index is 13.5. The number of nitrogens with one attached hydrogen (secondary N) is 1. The fourth-order valence-corrected chi connectivity index (χ4v) is 2.55. The highest BCUT2D eigenvalue weighted by molar-refractivity contribution is 14.1. The number of halogens is 3. The molecular formula is C13H11BrFIN2. The molecule has 0 radical (unpaired) electrons. The van der Waals surface area contributed by atoms with Crippen LogP contribution in [0.1, 0.15) is 5.56 Å². The molecule has 2 aromatic carbocycles. The maximum Gasteiger partial charge on any atom is 0.138 e. The van der Waals surface area contributed by atoms with E-state index in [1.807, 2.05) is 47.7 Å². The van der Waals surface area contributed by atoms with E-state index in [0.717, 1.165) is 15.7 Å². The lowest BCUT2D eigenvalue weighted by Gasteiger charge is -2.12. The zero-order chi connectivity index (χ0) is 13.3. The van der Waals surface area contributed by atoms with Crippen molar-refractivity contribution in [2.45, 2.75) is 6.92 Å². The van der Waals surface area contributed by atoms with Gasteiger partial charge in [0.1, 0.15) is 5.82 Å². The standard InChI is InChI=1S/C13H11BrFIN2/c1-7-4-8(14)2-3-12(7)18-13-5-9(15)10(16)6-11(13)17/h2-6,18H,17H2,1H3. The number of hydrogen-bond acceptors (Lipinski definition) is 2. The molecule has 0 aromatic heterocycles. The summed E-state index contributed by atoms with van der Waals surface area (Å²) in [4.78, 5) is 0. The number of nitrogen functional groups attached to an aromatic ring is 1. The maximum absolute atomic E-state index is 13.5. The molecule has 18 heavy (non-hydrogen) atoms. The Morgan fingerprint density at radius 1 is 1.22 bits per heavy atom. The molecule has 2 rings (SSSR count). The predicted octanol–water partition coefficient (Wildman–Crippen LogP) is 4.83. The van der Waals surface area contributed by atoms with Gasteiger partial charge >= 0.3 is 0 Å². The van der Waals surface area contributed by atoms with E-state index in [-0.39, 0.29) is 5.82 Å². The van der Waals surface area contributed by atoms with Crippen LogP contribution >= 0.6 is 38.5 Å². The summed E-state index contributed by atoms with van der Waals surface area (Å²) in [6.45, 7) is 1.98. The first-order valence-electron chi connectivity index (χ1n) is 5.25. The van der Waals surface area contributed by atoms with Gasteiger partial charge in [-0.25, -0.2) is 4.39 Å². The second kappa shape index (κ2) is 5.44. The Kier molecular flexibility index (Phi) is 4.11. The summed E-state index contributed by atoms with van der Waals surface area (Å²) in [5.74, 6) is -0.276. The molecule has 0 unspecified atom stereocenters. The van der Waals surface area contributed by atoms with E-state index in [4.69, 9.17) is 5.73 Å². The molecule has 2 nitrogen and oxygen atoms in total. The molecule has 0 aliphatic rings. The lowest BCUT2D eigenvalue weighted by atomic mass is 10.2. The van der Waals surface area contributed by atoms with E-state index in [2.05, 4.69) is 21.2 Å². The first-order chi connectivity index (χ1) is 8.47. The van der Waals surface area contributed by atoms with Crippen LogP contribution in [0.15, 0.2) is 34.8 Å². The predicted molar refractivity (Wildman–Crippen MR) is 85.7 cm³/mol. The SMILES string of the molecule is Cc1cc(Br)ccc1Nc1cc(F)c(I)cc1N. The van der Waals surface area contributed by atoms with E-state index in [0.29, 0.717) is 14.9 Å². The third-order valence-corrected chi connectivity index (χ3v) is 3.87. The van der Waals surface area contributed by atoms with Gasteiger partial charge in [0.15, 0.2) is 0 Å². The quantitative estimate of drug-likeness (QED) is 0.539. The van der Waals surface area contributed by atoms with E-state index < -0.39 is 0 Å². The fourth-order valence-electron chi connectivity index (χ4n) is 1.58. The number of hydrogen-bond donors (Lipinski definition) is 2. The topological polar surface area (TPSA) is 38.0 Å². The highest BCUT2D eigenvalue weighted by Gasteiger charge is 2.07. The molecule has 5 heteroatoms. The van der Waals surface area contributed by atoms with E-state index in [1.165, 1.54) is 6.07 Å². The molecule has 0 aliphatic carbocycles. The second-order valence-corrected chi connectivity index (χ2v) is 6.02. The molecule has 0 atom stereocenters. The van der Waals surface area contributed by atoms with Gasteiger partial charge in [0.05, 0.1) is 14.9 Å². The zero-order valence-corrected chi connectivity index (χ0v) is 13.3. The van der Waals surface area contributed by atoms with Gasteiger partial charge in [-0.15, -0.1) is 0 Å². The van der Waals surface area contributed by atoms with Gasteiger partial charge in [-0.2, -0.15) is 0 Å². The average Bonchev–Trinajstić information content (AvgIpc) is 2.29. The molecule has 0 saturated carbocycles. The second-order valence-electron chi connectivity index (χ2n) is 3.94. The van der Waals surface area contributed by atoms with Gasteiger partial charge in [-0.05, 0) is 59.3 Å². The van der Waals surface area contributed by atoms with Crippen LogP contribution in [0.2, 0.25) is 0 Å². The number of nitrogens with two attached hydrogens (primary N) is 1. The minimum Gasteiger partial charge on any atom is -0.397 e. The fraction of sp³-hybridized carbons (Fsp3) is 0.0769. The molecule has 0 spiro atoms. The molecule has 3 N–H and O–H groups in total. The zero-order valence-electron chi connectivity index (χ0n) is 9.60. The van der Waals surface area contributed by atoms with Crippen molar-refractivity contribution >= 4 is 55.6 Å². The summed E-state index contributed by atoms with van der Waals surface area (Å²) in [7, 11) is 0. The van der Waals surface area contributed by atoms with Crippen molar-refractivity contribution in [3.63, 3.8) is 0 Å². The van der Waals surface area contributed by atoms with Crippen LogP contribution in [0.25, 0.3) is 0 Å². The molecule has 0 saturated heterocycles. The summed E-state index contributed by atoms with van der Waals surface area (Å²) < 4.78 is 15.0. The Morgan fingerprint density at radius 2 is 1.94 bits per heavy atom. The van der Waals surface area contributed by atoms with Crippen LogP contribution in [-0.2, 0) is 0 Å². The van der Waals surface area contributed by atoms with Crippen molar-refractivity contribution < 1.29 is 4.39 Å². The van der Waals surface area contributed by atoms with Crippen molar-refractivity contribution in [3.8, 4) is 0 Å². The Labute approximate surface area is 127 Å². The molecule has 2 aromatic rings. The Balaban J connectivity index is 2.37. The molecular weight excluding hydrogens is 410 g/mol. The van der Waals surface area contributed by atoms with Crippen molar-refractivity contribution in [1.29, 1.82) is 0 Å². The summed E-state index contributed by atoms with van der Waals surface area (Å²) in [6.07, 6.45) is 0. The number of aryl methyl sites for hydroxylation is 1. The number of rotatable bonds is 2. The Hall–Kier alpha value is -0.820.